The molecule has 1 aromatic heterocycles. The van der Waals surface area contributed by atoms with Crippen molar-refractivity contribution in [2.24, 2.45) is 5.92 Å². The first-order chi connectivity index (χ1) is 10.3. The van der Waals surface area contributed by atoms with Crippen LogP contribution < -0.4 is 4.72 Å². The van der Waals surface area contributed by atoms with E-state index < -0.39 is 10.0 Å². The van der Waals surface area contributed by atoms with Crippen molar-refractivity contribution in [3.63, 3.8) is 0 Å². The molecule has 0 spiro atoms. The molecule has 0 unspecified atom stereocenters. The fourth-order valence-electron chi connectivity index (χ4n) is 2.91. The van der Waals surface area contributed by atoms with Crippen molar-refractivity contribution in [2.75, 3.05) is 19.3 Å². The van der Waals surface area contributed by atoms with Crippen LogP contribution in [0.1, 0.15) is 31.2 Å². The molecule has 0 aromatic carbocycles. The third-order valence-corrected chi connectivity index (χ3v) is 4.55. The fourth-order valence-corrected chi connectivity index (χ4v) is 3.72. The maximum Gasteiger partial charge on any atom is 0.230 e. The predicted molar refractivity (Wildman–Crippen MR) is 81.7 cm³/mol. The first-order valence-corrected chi connectivity index (χ1v) is 9.35. The standard InChI is InChI=1S/C14H23N3O4S/c1-4-5-11-8-17(9-13(11)16-22(3,19)20)14(18)7-12-6-10(2)15-21-12/h6,11,13,16H,4-5,7-9H2,1-3H3/t11-,13-/m1/s1. The van der Waals surface area contributed by atoms with Gasteiger partial charge in [0.25, 0.3) is 0 Å². The number of carbonyl (C=O) groups excluding carboxylic acids is 1. The summed E-state index contributed by atoms with van der Waals surface area (Å²) >= 11 is 0. The number of aromatic nitrogens is 1. The average Bonchev–Trinajstić information content (AvgIpc) is 2.96. The molecular formula is C14H23N3O4S. The Morgan fingerprint density at radius 1 is 1.50 bits per heavy atom. The zero-order valence-electron chi connectivity index (χ0n) is 13.2. The Labute approximate surface area is 131 Å². The molecule has 1 amide bonds. The third kappa shape index (κ3) is 4.54. The van der Waals surface area contributed by atoms with Crippen molar-refractivity contribution >= 4 is 15.9 Å². The number of likely N-dealkylation sites (tertiary alicyclic amines) is 1. The molecule has 2 atom stereocenters. The topological polar surface area (TPSA) is 92.5 Å². The summed E-state index contributed by atoms with van der Waals surface area (Å²) in [6, 6.07) is 1.53. The molecule has 1 saturated heterocycles. The van der Waals surface area contributed by atoms with Gasteiger partial charge in [-0.2, -0.15) is 0 Å². The largest absolute Gasteiger partial charge is 0.361 e. The molecule has 2 heterocycles. The number of nitrogens with one attached hydrogen (secondary N) is 1. The van der Waals surface area contributed by atoms with Crippen LogP contribution in [0.5, 0.6) is 0 Å². The maximum atomic E-state index is 12.3. The third-order valence-electron chi connectivity index (χ3n) is 3.82. The van der Waals surface area contributed by atoms with Crippen LogP contribution in [0.4, 0.5) is 0 Å². The number of nitrogens with zero attached hydrogens (tertiary/aromatic N) is 2. The molecular weight excluding hydrogens is 306 g/mol. The molecule has 1 aliphatic rings. The van der Waals surface area contributed by atoms with Crippen molar-refractivity contribution < 1.29 is 17.7 Å². The van der Waals surface area contributed by atoms with Gasteiger partial charge in [0.05, 0.1) is 18.4 Å². The van der Waals surface area contributed by atoms with Crippen LogP contribution in [0, 0.1) is 12.8 Å². The van der Waals surface area contributed by atoms with E-state index in [0.717, 1.165) is 24.8 Å². The van der Waals surface area contributed by atoms with Crippen LogP contribution in [-0.2, 0) is 21.2 Å². The Hall–Kier alpha value is -1.41. The molecule has 124 valence electrons. The molecule has 8 heteroatoms. The summed E-state index contributed by atoms with van der Waals surface area (Å²) in [6.45, 7) is 4.84. The lowest BCUT2D eigenvalue weighted by molar-refractivity contribution is -0.129. The summed E-state index contributed by atoms with van der Waals surface area (Å²) in [5, 5.41) is 3.77. The fraction of sp³-hybridized carbons (Fsp3) is 0.714. The van der Waals surface area contributed by atoms with Crippen molar-refractivity contribution in [1.82, 2.24) is 14.8 Å². The molecule has 1 aliphatic heterocycles. The molecule has 1 aromatic rings. The van der Waals surface area contributed by atoms with Crippen molar-refractivity contribution in [3.8, 4) is 0 Å². The highest BCUT2D eigenvalue weighted by Crippen LogP contribution is 2.23. The molecule has 22 heavy (non-hydrogen) atoms. The van der Waals surface area contributed by atoms with Crippen molar-refractivity contribution in [1.29, 1.82) is 0 Å². The lowest BCUT2D eigenvalue weighted by Gasteiger charge is -2.17. The van der Waals surface area contributed by atoms with Gasteiger partial charge in [0.1, 0.15) is 5.76 Å². The smallest absolute Gasteiger partial charge is 0.230 e. The van der Waals surface area contributed by atoms with Crippen LogP contribution >= 0.6 is 0 Å². The summed E-state index contributed by atoms with van der Waals surface area (Å²) in [6.07, 6.45) is 3.15. The molecule has 0 radical (unpaired) electrons. The molecule has 0 aliphatic carbocycles. The summed E-state index contributed by atoms with van der Waals surface area (Å²) in [7, 11) is -3.28. The van der Waals surface area contributed by atoms with Gasteiger partial charge in [0.2, 0.25) is 15.9 Å². The highest BCUT2D eigenvalue weighted by atomic mass is 32.2. The predicted octanol–water partition coefficient (Wildman–Crippen LogP) is 0.702. The van der Waals surface area contributed by atoms with Gasteiger partial charge >= 0.3 is 0 Å². The van der Waals surface area contributed by atoms with Gasteiger partial charge in [0, 0.05) is 25.2 Å². The van der Waals surface area contributed by atoms with E-state index in [0.29, 0.717) is 18.8 Å². The van der Waals surface area contributed by atoms with E-state index >= 15 is 0 Å². The minimum Gasteiger partial charge on any atom is -0.361 e. The van der Waals surface area contributed by atoms with Gasteiger partial charge in [-0.15, -0.1) is 0 Å². The average molecular weight is 329 g/mol. The van der Waals surface area contributed by atoms with Gasteiger partial charge in [-0.05, 0) is 19.3 Å². The highest BCUT2D eigenvalue weighted by Gasteiger charge is 2.36. The first-order valence-electron chi connectivity index (χ1n) is 7.45. The quantitative estimate of drug-likeness (QED) is 0.829. The molecule has 1 fully saturated rings. The normalized spacial score (nSPS) is 22.2. The van der Waals surface area contributed by atoms with Crippen LogP contribution in [0.3, 0.4) is 0 Å². The van der Waals surface area contributed by atoms with E-state index in [1.807, 2.05) is 0 Å². The van der Waals surface area contributed by atoms with E-state index in [1.165, 1.54) is 0 Å². The van der Waals surface area contributed by atoms with Crippen LogP contribution in [0.2, 0.25) is 0 Å². The lowest BCUT2D eigenvalue weighted by atomic mass is 9.99. The van der Waals surface area contributed by atoms with Crippen molar-refractivity contribution in [3.05, 3.63) is 17.5 Å². The molecule has 2 rings (SSSR count). The van der Waals surface area contributed by atoms with E-state index in [9.17, 15) is 13.2 Å². The summed E-state index contributed by atoms with van der Waals surface area (Å²) in [4.78, 5) is 14.1. The van der Waals surface area contributed by atoms with E-state index in [-0.39, 0.29) is 24.3 Å². The van der Waals surface area contributed by atoms with Crippen LogP contribution in [0.25, 0.3) is 0 Å². The Morgan fingerprint density at radius 3 is 2.77 bits per heavy atom. The number of rotatable bonds is 6. The summed E-state index contributed by atoms with van der Waals surface area (Å²) < 4.78 is 30.7. The zero-order valence-corrected chi connectivity index (χ0v) is 14.0. The number of sulfonamides is 1. The van der Waals surface area contributed by atoms with E-state index in [1.54, 1.807) is 17.9 Å². The number of hydrogen-bond acceptors (Lipinski definition) is 5. The highest BCUT2D eigenvalue weighted by molar-refractivity contribution is 7.88. The minimum atomic E-state index is -3.28. The lowest BCUT2D eigenvalue weighted by Crippen LogP contribution is -2.40. The Balaban J connectivity index is 2.01. The minimum absolute atomic E-state index is 0.0601. The second kappa shape index (κ2) is 6.78. The number of aryl methyl sites for hydroxylation is 1. The van der Waals surface area contributed by atoms with Gasteiger partial charge < -0.3 is 9.42 Å². The van der Waals surface area contributed by atoms with Gasteiger partial charge in [0.15, 0.2) is 0 Å². The molecule has 0 bridgehead atoms. The van der Waals surface area contributed by atoms with Gasteiger partial charge in [-0.1, -0.05) is 18.5 Å². The van der Waals surface area contributed by atoms with Crippen molar-refractivity contribution in [2.45, 2.75) is 39.2 Å². The van der Waals surface area contributed by atoms with Crippen LogP contribution in [-0.4, -0.2) is 49.8 Å². The first kappa shape index (κ1) is 17.0. The van der Waals surface area contributed by atoms with Gasteiger partial charge in [-0.3, -0.25) is 4.79 Å². The monoisotopic (exact) mass is 329 g/mol. The Bertz CT molecular complexity index is 626. The number of amides is 1. The maximum absolute atomic E-state index is 12.3. The second-order valence-corrected chi connectivity index (χ2v) is 7.74. The zero-order chi connectivity index (χ0) is 16.3. The summed E-state index contributed by atoms with van der Waals surface area (Å²) in [5.41, 5.74) is 0.740. The molecule has 1 N–H and O–H groups in total. The summed E-state index contributed by atoms with van der Waals surface area (Å²) in [5.74, 6) is 0.629. The second-order valence-electron chi connectivity index (χ2n) is 5.96. The van der Waals surface area contributed by atoms with E-state index in [4.69, 9.17) is 4.52 Å². The Kier molecular flexibility index (Phi) is 5.23. The number of carbonyl (C=O) groups is 1. The van der Waals surface area contributed by atoms with E-state index in [2.05, 4.69) is 16.8 Å². The SMILES string of the molecule is CCC[C@@H]1CN(C(=O)Cc2cc(C)no2)C[C@H]1NS(C)(=O)=O. The molecule has 7 nitrogen and oxygen atoms in total. The number of hydrogen-bond donors (Lipinski definition) is 1. The molecule has 0 saturated carbocycles. The Morgan fingerprint density at radius 2 is 2.23 bits per heavy atom. The van der Waals surface area contributed by atoms with Crippen LogP contribution in [0.15, 0.2) is 10.6 Å². The van der Waals surface area contributed by atoms with Gasteiger partial charge in [-0.25, -0.2) is 13.1 Å².